The normalized spacial score (nSPS) is 16.2. The molecule has 0 amide bonds. The Bertz CT molecular complexity index is 647. The molecule has 0 spiro atoms. The van der Waals surface area contributed by atoms with E-state index in [4.69, 9.17) is 0 Å². The highest BCUT2D eigenvalue weighted by molar-refractivity contribution is 7.17. The van der Waals surface area contributed by atoms with Crippen molar-refractivity contribution in [2.24, 2.45) is 0 Å². The first-order valence-corrected chi connectivity index (χ1v) is 7.70. The number of carbonyl (C=O) groups excluding carboxylic acids is 1. The lowest BCUT2D eigenvalue weighted by molar-refractivity contribution is 0.313. The zero-order valence-electron chi connectivity index (χ0n) is 11.8. The van der Waals surface area contributed by atoms with Gasteiger partial charge >= 0.3 is 0 Å². The summed E-state index contributed by atoms with van der Waals surface area (Å²) in [6.07, 6.45) is 1.89. The Balaban J connectivity index is 1.98. The molecular weight excluding hydrogens is 287 g/mol. The van der Waals surface area contributed by atoms with E-state index in [1.807, 2.05) is 18.4 Å². The van der Waals surface area contributed by atoms with Gasteiger partial charge in [-0.05, 0) is 37.4 Å². The van der Waals surface area contributed by atoms with Crippen LogP contribution in [-0.2, 0) is 4.79 Å². The van der Waals surface area contributed by atoms with Crippen molar-refractivity contribution in [2.45, 2.75) is 0 Å². The predicted molar refractivity (Wildman–Crippen MR) is 84.2 cm³/mol. The van der Waals surface area contributed by atoms with Gasteiger partial charge in [-0.3, -0.25) is 4.79 Å². The lowest BCUT2D eigenvalue weighted by atomic mass is 10.1. The molecule has 109 valence electrons. The SMILES string of the molecule is CN1CCN(c2ccc(F)cc2-c2ccc([C]=O)s2)CC1. The van der Waals surface area contributed by atoms with E-state index in [2.05, 4.69) is 16.8 Å². The third-order valence-corrected chi connectivity index (χ3v) is 4.79. The maximum atomic E-state index is 13.7. The molecule has 1 fully saturated rings. The quantitative estimate of drug-likeness (QED) is 0.871. The van der Waals surface area contributed by atoms with Gasteiger partial charge in [0.15, 0.2) is 0 Å². The van der Waals surface area contributed by atoms with E-state index in [1.54, 1.807) is 12.1 Å². The van der Waals surface area contributed by atoms with Crippen LogP contribution in [-0.4, -0.2) is 44.4 Å². The van der Waals surface area contributed by atoms with Crippen LogP contribution >= 0.6 is 11.3 Å². The molecule has 0 N–H and O–H groups in total. The molecule has 0 bridgehead atoms. The highest BCUT2D eigenvalue weighted by atomic mass is 32.1. The number of hydrogen-bond donors (Lipinski definition) is 0. The van der Waals surface area contributed by atoms with Crippen molar-refractivity contribution in [2.75, 3.05) is 38.1 Å². The summed E-state index contributed by atoms with van der Waals surface area (Å²) >= 11 is 1.35. The molecule has 0 unspecified atom stereocenters. The average Bonchev–Trinajstić information content (AvgIpc) is 2.97. The summed E-state index contributed by atoms with van der Waals surface area (Å²) in [5, 5.41) is 0. The molecule has 1 aliphatic rings. The second kappa shape index (κ2) is 5.95. The van der Waals surface area contributed by atoms with Crippen LogP contribution in [0.4, 0.5) is 10.1 Å². The topological polar surface area (TPSA) is 23.6 Å². The van der Waals surface area contributed by atoms with E-state index in [0.717, 1.165) is 42.3 Å². The Morgan fingerprint density at radius 1 is 1.14 bits per heavy atom. The zero-order valence-corrected chi connectivity index (χ0v) is 12.6. The van der Waals surface area contributed by atoms with Crippen LogP contribution < -0.4 is 4.90 Å². The number of halogens is 1. The van der Waals surface area contributed by atoms with Crippen molar-refractivity contribution < 1.29 is 9.18 Å². The van der Waals surface area contributed by atoms with Gasteiger partial charge in [0.2, 0.25) is 6.29 Å². The Kier molecular flexibility index (Phi) is 4.03. The van der Waals surface area contributed by atoms with E-state index >= 15 is 0 Å². The van der Waals surface area contributed by atoms with Gasteiger partial charge < -0.3 is 9.80 Å². The van der Waals surface area contributed by atoms with Crippen LogP contribution in [0.1, 0.15) is 4.88 Å². The molecule has 0 atom stereocenters. The van der Waals surface area contributed by atoms with Gasteiger partial charge in [0.1, 0.15) is 5.82 Å². The number of hydrogen-bond acceptors (Lipinski definition) is 4. The number of rotatable bonds is 3. The number of likely N-dealkylation sites (N-methyl/N-ethyl adjacent to an activating group) is 1. The van der Waals surface area contributed by atoms with Gasteiger partial charge in [-0.25, -0.2) is 4.39 Å². The fourth-order valence-corrected chi connectivity index (χ4v) is 3.39. The molecule has 2 aromatic rings. The molecule has 0 saturated carbocycles. The summed E-state index contributed by atoms with van der Waals surface area (Å²) in [5.74, 6) is -0.257. The number of piperazine rings is 1. The van der Waals surface area contributed by atoms with Crippen molar-refractivity contribution in [1.82, 2.24) is 4.90 Å². The first-order chi connectivity index (χ1) is 10.2. The molecule has 1 aromatic carbocycles. The number of benzene rings is 1. The Morgan fingerprint density at radius 3 is 2.57 bits per heavy atom. The van der Waals surface area contributed by atoms with E-state index in [-0.39, 0.29) is 5.82 Å². The minimum atomic E-state index is -0.257. The van der Waals surface area contributed by atoms with Crippen molar-refractivity contribution in [3.05, 3.63) is 41.0 Å². The van der Waals surface area contributed by atoms with Crippen LogP contribution in [0.3, 0.4) is 0 Å². The summed E-state index contributed by atoms with van der Waals surface area (Å²) in [7, 11) is 2.11. The summed E-state index contributed by atoms with van der Waals surface area (Å²) < 4.78 is 13.7. The Hall–Kier alpha value is -1.72. The molecule has 5 heteroatoms. The summed E-state index contributed by atoms with van der Waals surface area (Å²) in [6, 6.07) is 8.47. The van der Waals surface area contributed by atoms with E-state index in [9.17, 15) is 9.18 Å². The maximum absolute atomic E-state index is 13.7. The molecule has 21 heavy (non-hydrogen) atoms. The van der Waals surface area contributed by atoms with E-state index in [1.165, 1.54) is 17.4 Å². The smallest absolute Gasteiger partial charge is 0.244 e. The monoisotopic (exact) mass is 303 g/mol. The molecule has 1 saturated heterocycles. The van der Waals surface area contributed by atoms with Gasteiger partial charge in [0, 0.05) is 42.3 Å². The number of nitrogens with zero attached hydrogens (tertiary/aromatic N) is 2. The molecule has 1 aromatic heterocycles. The molecule has 3 rings (SSSR count). The van der Waals surface area contributed by atoms with E-state index in [0.29, 0.717) is 4.88 Å². The number of thiophene rings is 1. The predicted octanol–water partition coefficient (Wildman–Crippen LogP) is 2.76. The van der Waals surface area contributed by atoms with Crippen LogP contribution in [0, 0.1) is 5.82 Å². The highest BCUT2D eigenvalue weighted by Gasteiger charge is 2.19. The van der Waals surface area contributed by atoms with Crippen molar-refractivity contribution in [3.63, 3.8) is 0 Å². The molecule has 1 aliphatic heterocycles. The standard InChI is InChI=1S/C16H16FN2OS/c1-18-6-8-19(9-7-18)15-4-2-12(17)10-14(15)16-5-3-13(11-20)21-16/h2-5,10H,6-9H2,1H3. The molecule has 3 nitrogen and oxygen atoms in total. The Morgan fingerprint density at radius 2 is 1.90 bits per heavy atom. The van der Waals surface area contributed by atoms with Gasteiger partial charge in [-0.2, -0.15) is 0 Å². The molecule has 2 heterocycles. The van der Waals surface area contributed by atoms with Gasteiger partial charge in [-0.15, -0.1) is 11.3 Å². The summed E-state index contributed by atoms with van der Waals surface area (Å²) in [5.41, 5.74) is 1.88. The largest absolute Gasteiger partial charge is 0.368 e. The average molecular weight is 303 g/mol. The van der Waals surface area contributed by atoms with Crippen LogP contribution in [0.2, 0.25) is 0 Å². The first kappa shape index (κ1) is 14.2. The third kappa shape index (κ3) is 2.99. The second-order valence-corrected chi connectivity index (χ2v) is 6.30. The molecule has 0 aliphatic carbocycles. The fraction of sp³-hybridized carbons (Fsp3) is 0.312. The van der Waals surface area contributed by atoms with Crippen molar-refractivity contribution in [3.8, 4) is 10.4 Å². The molecule has 1 radical (unpaired) electrons. The third-order valence-electron chi connectivity index (χ3n) is 3.77. The van der Waals surface area contributed by atoms with Crippen molar-refractivity contribution in [1.29, 1.82) is 0 Å². The number of anilines is 1. The van der Waals surface area contributed by atoms with Crippen LogP contribution in [0.15, 0.2) is 30.3 Å². The highest BCUT2D eigenvalue weighted by Crippen LogP contribution is 2.36. The lowest BCUT2D eigenvalue weighted by Crippen LogP contribution is -2.44. The van der Waals surface area contributed by atoms with Gasteiger partial charge in [0.25, 0.3) is 0 Å². The zero-order chi connectivity index (χ0) is 14.8. The Labute approximate surface area is 127 Å². The van der Waals surface area contributed by atoms with Gasteiger partial charge in [-0.1, -0.05) is 0 Å². The van der Waals surface area contributed by atoms with Crippen LogP contribution in [0.5, 0.6) is 0 Å². The fourth-order valence-electron chi connectivity index (χ4n) is 2.57. The molecular formula is C16H16FN2OS. The summed E-state index contributed by atoms with van der Waals surface area (Å²) in [4.78, 5) is 16.7. The van der Waals surface area contributed by atoms with Crippen LogP contribution in [0.25, 0.3) is 10.4 Å². The minimum Gasteiger partial charge on any atom is -0.368 e. The van der Waals surface area contributed by atoms with E-state index < -0.39 is 0 Å². The van der Waals surface area contributed by atoms with Gasteiger partial charge in [0.05, 0.1) is 4.88 Å². The van der Waals surface area contributed by atoms with Crippen molar-refractivity contribution >= 4 is 23.3 Å². The second-order valence-electron chi connectivity index (χ2n) is 5.22. The maximum Gasteiger partial charge on any atom is 0.244 e. The first-order valence-electron chi connectivity index (χ1n) is 6.89. The minimum absolute atomic E-state index is 0.257. The summed E-state index contributed by atoms with van der Waals surface area (Å²) in [6.45, 7) is 3.84. The lowest BCUT2D eigenvalue weighted by Gasteiger charge is -2.35.